The van der Waals surface area contributed by atoms with Crippen molar-refractivity contribution >= 4 is 21.7 Å². The Morgan fingerprint density at radius 2 is 2.00 bits per heavy atom. The topological polar surface area (TPSA) is 113 Å². The number of carbonyl (C=O) groups excluding carboxylic acids is 1. The minimum Gasteiger partial charge on any atom is -0.396 e. The average molecular weight is 327 g/mol. The van der Waals surface area contributed by atoms with Crippen LogP contribution in [-0.2, 0) is 10.0 Å². The largest absolute Gasteiger partial charge is 0.396 e. The predicted octanol–water partition coefficient (Wildman–Crippen LogP) is 1.10. The standard InChI is InChI=1S/C14H21N3O4S/c15-22(20,21)13-6-4-11(5-7-13)16-14(19)17-9-2-1-3-12(17)8-10-18/h4-7,12,18H,1-3,8-10H2,(H,16,19)(H2,15,20,21)/t12-/m1/s1. The Kier molecular flexibility index (Phi) is 5.38. The molecule has 1 aromatic rings. The Morgan fingerprint density at radius 1 is 1.32 bits per heavy atom. The van der Waals surface area contributed by atoms with E-state index in [1.165, 1.54) is 24.3 Å². The van der Waals surface area contributed by atoms with Crippen molar-refractivity contribution in [1.29, 1.82) is 0 Å². The number of sulfonamides is 1. The molecule has 1 aliphatic heterocycles. The summed E-state index contributed by atoms with van der Waals surface area (Å²) in [6.45, 7) is 0.712. The van der Waals surface area contributed by atoms with Gasteiger partial charge in [-0.3, -0.25) is 0 Å². The van der Waals surface area contributed by atoms with Crippen LogP contribution in [0.3, 0.4) is 0 Å². The van der Waals surface area contributed by atoms with Gasteiger partial charge in [-0.15, -0.1) is 0 Å². The first-order valence-corrected chi connectivity index (χ1v) is 8.78. The zero-order valence-corrected chi connectivity index (χ0v) is 13.1. The molecule has 1 fully saturated rings. The van der Waals surface area contributed by atoms with Gasteiger partial charge in [-0.25, -0.2) is 18.4 Å². The number of carbonyl (C=O) groups is 1. The fraction of sp³-hybridized carbons (Fsp3) is 0.500. The molecule has 4 N–H and O–H groups in total. The lowest BCUT2D eigenvalue weighted by Crippen LogP contribution is -2.46. The first-order valence-electron chi connectivity index (χ1n) is 7.23. The number of aliphatic hydroxyl groups excluding tert-OH is 1. The molecule has 2 amide bonds. The number of benzene rings is 1. The van der Waals surface area contributed by atoms with E-state index < -0.39 is 10.0 Å². The maximum Gasteiger partial charge on any atom is 0.322 e. The first-order chi connectivity index (χ1) is 10.4. The van der Waals surface area contributed by atoms with Crippen LogP contribution in [0.15, 0.2) is 29.2 Å². The summed E-state index contributed by atoms with van der Waals surface area (Å²) in [6, 6.07) is 5.52. The highest BCUT2D eigenvalue weighted by Gasteiger charge is 2.26. The lowest BCUT2D eigenvalue weighted by Gasteiger charge is -2.35. The number of anilines is 1. The first kappa shape index (κ1) is 16.7. The molecule has 1 heterocycles. The number of piperidine rings is 1. The van der Waals surface area contributed by atoms with Crippen molar-refractivity contribution in [1.82, 2.24) is 4.90 Å². The summed E-state index contributed by atoms with van der Waals surface area (Å²) in [7, 11) is -3.74. The Balaban J connectivity index is 2.04. The average Bonchev–Trinajstić information content (AvgIpc) is 2.47. The maximum atomic E-state index is 12.3. The zero-order chi connectivity index (χ0) is 16.2. The molecule has 8 heteroatoms. The van der Waals surface area contributed by atoms with Crippen molar-refractivity contribution in [2.45, 2.75) is 36.6 Å². The maximum absolute atomic E-state index is 12.3. The second-order valence-electron chi connectivity index (χ2n) is 5.35. The van der Waals surface area contributed by atoms with Gasteiger partial charge >= 0.3 is 6.03 Å². The molecule has 0 aliphatic carbocycles. The molecule has 1 aliphatic rings. The lowest BCUT2D eigenvalue weighted by molar-refractivity contribution is 0.141. The molecule has 7 nitrogen and oxygen atoms in total. The minimum atomic E-state index is -3.74. The fourth-order valence-electron chi connectivity index (χ4n) is 2.64. The number of nitrogens with one attached hydrogen (secondary N) is 1. The molecule has 0 spiro atoms. The van der Waals surface area contributed by atoms with E-state index in [0.29, 0.717) is 18.7 Å². The van der Waals surface area contributed by atoms with Crippen molar-refractivity contribution in [3.05, 3.63) is 24.3 Å². The van der Waals surface area contributed by atoms with Gasteiger partial charge in [-0.2, -0.15) is 0 Å². The van der Waals surface area contributed by atoms with Crippen molar-refractivity contribution in [3.8, 4) is 0 Å². The summed E-state index contributed by atoms with van der Waals surface area (Å²) in [5, 5.41) is 16.9. The molecule has 0 aromatic heterocycles. The summed E-state index contributed by atoms with van der Waals surface area (Å²) in [5.74, 6) is 0. The van der Waals surface area contributed by atoms with Crippen LogP contribution in [0.5, 0.6) is 0 Å². The van der Waals surface area contributed by atoms with E-state index in [1.54, 1.807) is 4.90 Å². The fourth-order valence-corrected chi connectivity index (χ4v) is 3.16. The number of amides is 2. The Hall–Kier alpha value is -1.64. The van der Waals surface area contributed by atoms with E-state index in [0.717, 1.165) is 19.3 Å². The van der Waals surface area contributed by atoms with E-state index in [4.69, 9.17) is 10.2 Å². The van der Waals surface area contributed by atoms with Crippen molar-refractivity contribution in [2.75, 3.05) is 18.5 Å². The van der Waals surface area contributed by atoms with Gasteiger partial charge in [0.05, 0.1) is 4.90 Å². The SMILES string of the molecule is NS(=O)(=O)c1ccc(NC(=O)N2CCCC[C@@H]2CCO)cc1. The van der Waals surface area contributed by atoms with E-state index in [9.17, 15) is 13.2 Å². The Labute approximate surface area is 130 Å². The van der Waals surface area contributed by atoms with Crippen LogP contribution >= 0.6 is 0 Å². The summed E-state index contributed by atoms with van der Waals surface area (Å²) in [4.78, 5) is 14.1. The van der Waals surface area contributed by atoms with Gasteiger partial charge < -0.3 is 15.3 Å². The number of hydrogen-bond donors (Lipinski definition) is 3. The summed E-state index contributed by atoms with van der Waals surface area (Å²) < 4.78 is 22.4. The monoisotopic (exact) mass is 327 g/mol. The number of nitrogens with zero attached hydrogens (tertiary/aromatic N) is 1. The van der Waals surface area contributed by atoms with Crippen LogP contribution in [0.2, 0.25) is 0 Å². The van der Waals surface area contributed by atoms with Crippen LogP contribution in [-0.4, -0.2) is 43.6 Å². The van der Waals surface area contributed by atoms with E-state index in [-0.39, 0.29) is 23.6 Å². The number of aliphatic hydroxyl groups is 1. The quantitative estimate of drug-likeness (QED) is 0.768. The molecule has 0 saturated carbocycles. The molecule has 2 rings (SSSR count). The van der Waals surface area contributed by atoms with E-state index in [2.05, 4.69) is 5.32 Å². The van der Waals surface area contributed by atoms with Gasteiger partial charge in [0.15, 0.2) is 0 Å². The van der Waals surface area contributed by atoms with Crippen molar-refractivity contribution in [3.63, 3.8) is 0 Å². The second kappa shape index (κ2) is 7.08. The molecule has 22 heavy (non-hydrogen) atoms. The number of nitrogens with two attached hydrogens (primary N) is 1. The third kappa shape index (κ3) is 4.19. The van der Waals surface area contributed by atoms with Crippen molar-refractivity contribution < 1.29 is 18.3 Å². The van der Waals surface area contributed by atoms with Crippen LogP contribution in [0.25, 0.3) is 0 Å². The molecular weight excluding hydrogens is 306 g/mol. The van der Waals surface area contributed by atoms with Gasteiger partial charge in [-0.1, -0.05) is 0 Å². The Bertz CT molecular complexity index is 613. The highest BCUT2D eigenvalue weighted by atomic mass is 32.2. The smallest absolute Gasteiger partial charge is 0.322 e. The highest BCUT2D eigenvalue weighted by Crippen LogP contribution is 2.21. The molecular formula is C14H21N3O4S. The molecule has 1 atom stereocenters. The molecule has 122 valence electrons. The summed E-state index contributed by atoms with van der Waals surface area (Å²) in [6.07, 6.45) is 3.45. The van der Waals surface area contributed by atoms with E-state index >= 15 is 0 Å². The molecule has 0 radical (unpaired) electrons. The minimum absolute atomic E-state index is 0.00151. The number of likely N-dealkylation sites (tertiary alicyclic amines) is 1. The third-order valence-corrected chi connectivity index (χ3v) is 4.71. The van der Waals surface area contributed by atoms with Gasteiger partial charge in [0.1, 0.15) is 0 Å². The van der Waals surface area contributed by atoms with Crippen LogP contribution < -0.4 is 10.5 Å². The predicted molar refractivity (Wildman–Crippen MR) is 82.9 cm³/mol. The van der Waals surface area contributed by atoms with Crippen LogP contribution in [0.4, 0.5) is 10.5 Å². The number of hydrogen-bond acceptors (Lipinski definition) is 4. The summed E-state index contributed by atoms with van der Waals surface area (Å²) in [5.41, 5.74) is 0.505. The van der Waals surface area contributed by atoms with Crippen LogP contribution in [0, 0.1) is 0 Å². The van der Waals surface area contributed by atoms with Crippen molar-refractivity contribution in [2.24, 2.45) is 5.14 Å². The summed E-state index contributed by atoms with van der Waals surface area (Å²) >= 11 is 0. The van der Waals surface area contributed by atoms with Crippen LogP contribution in [0.1, 0.15) is 25.7 Å². The molecule has 1 aromatic carbocycles. The van der Waals surface area contributed by atoms with Gasteiger partial charge in [0, 0.05) is 24.9 Å². The van der Waals surface area contributed by atoms with Gasteiger partial charge in [-0.05, 0) is 49.9 Å². The van der Waals surface area contributed by atoms with E-state index in [1.807, 2.05) is 0 Å². The Morgan fingerprint density at radius 3 is 2.59 bits per heavy atom. The number of urea groups is 1. The molecule has 1 saturated heterocycles. The van der Waals surface area contributed by atoms with Gasteiger partial charge in [0.2, 0.25) is 10.0 Å². The highest BCUT2D eigenvalue weighted by molar-refractivity contribution is 7.89. The zero-order valence-electron chi connectivity index (χ0n) is 12.2. The number of rotatable bonds is 4. The molecule has 0 unspecified atom stereocenters. The third-order valence-electron chi connectivity index (χ3n) is 3.78. The second-order valence-corrected chi connectivity index (χ2v) is 6.92. The number of primary sulfonamides is 1. The lowest BCUT2D eigenvalue weighted by atomic mass is 10.0. The van der Waals surface area contributed by atoms with Gasteiger partial charge in [0.25, 0.3) is 0 Å². The normalized spacial score (nSPS) is 19.0. The molecule has 0 bridgehead atoms.